The van der Waals surface area contributed by atoms with Crippen molar-refractivity contribution in [2.45, 2.75) is 44.8 Å². The van der Waals surface area contributed by atoms with Crippen LogP contribution < -0.4 is 0 Å². The monoisotopic (exact) mass is 310 g/mol. The summed E-state index contributed by atoms with van der Waals surface area (Å²) in [6.45, 7) is 3.96. The number of ether oxygens (including phenoxy) is 1. The van der Waals surface area contributed by atoms with Crippen molar-refractivity contribution in [3.63, 3.8) is 0 Å². The van der Waals surface area contributed by atoms with Crippen molar-refractivity contribution in [3.8, 4) is 0 Å². The molecule has 5 nitrogen and oxygen atoms in total. The molecule has 2 saturated heterocycles. The van der Waals surface area contributed by atoms with Gasteiger partial charge in [0.1, 0.15) is 0 Å². The van der Waals surface area contributed by atoms with Crippen LogP contribution in [-0.2, 0) is 14.9 Å². The van der Waals surface area contributed by atoms with Gasteiger partial charge < -0.3 is 4.74 Å². The van der Waals surface area contributed by atoms with Gasteiger partial charge in [-0.25, -0.2) is 0 Å². The van der Waals surface area contributed by atoms with Gasteiger partial charge in [-0.15, -0.1) is 11.6 Å². The molecule has 112 valence electrons. The van der Waals surface area contributed by atoms with Crippen molar-refractivity contribution in [1.29, 1.82) is 0 Å². The van der Waals surface area contributed by atoms with E-state index in [0.29, 0.717) is 32.1 Å². The van der Waals surface area contributed by atoms with Crippen LogP contribution in [0.3, 0.4) is 0 Å². The number of rotatable bonds is 3. The first-order valence-electron chi connectivity index (χ1n) is 7.00. The molecule has 2 unspecified atom stereocenters. The number of hydrogen-bond acceptors (Lipinski definition) is 3. The lowest BCUT2D eigenvalue weighted by atomic mass is 10.2. The highest BCUT2D eigenvalue weighted by molar-refractivity contribution is 7.86. The van der Waals surface area contributed by atoms with Crippen molar-refractivity contribution in [2.75, 3.05) is 32.1 Å². The molecule has 19 heavy (non-hydrogen) atoms. The zero-order valence-corrected chi connectivity index (χ0v) is 13.0. The number of alkyl halides is 1. The van der Waals surface area contributed by atoms with Crippen LogP contribution in [-0.4, -0.2) is 61.3 Å². The zero-order chi connectivity index (χ0) is 13.9. The van der Waals surface area contributed by atoms with E-state index in [0.717, 1.165) is 25.7 Å². The molecule has 0 aliphatic carbocycles. The lowest BCUT2D eigenvalue weighted by molar-refractivity contribution is -0.0437. The van der Waals surface area contributed by atoms with Crippen LogP contribution in [0.2, 0.25) is 0 Å². The fourth-order valence-corrected chi connectivity index (χ4v) is 4.68. The second-order valence-electron chi connectivity index (χ2n) is 5.36. The standard InChI is InChI=1S/C12H23ClN2O3S/c1-11-9-15(10-12(8-13)18-11)19(16,17)14-6-4-2-3-5-7-14/h11-12H,2-10H2,1H3. The van der Waals surface area contributed by atoms with Gasteiger partial charge in [0.25, 0.3) is 10.2 Å². The molecule has 0 aromatic heterocycles. The average Bonchev–Trinajstić information content (AvgIpc) is 2.67. The Labute approximate surface area is 121 Å². The maximum Gasteiger partial charge on any atom is 0.282 e. The van der Waals surface area contributed by atoms with E-state index in [4.69, 9.17) is 16.3 Å². The van der Waals surface area contributed by atoms with Crippen molar-refractivity contribution < 1.29 is 13.2 Å². The van der Waals surface area contributed by atoms with Gasteiger partial charge in [0, 0.05) is 32.1 Å². The molecule has 0 aromatic carbocycles. The van der Waals surface area contributed by atoms with E-state index in [-0.39, 0.29) is 12.2 Å². The van der Waals surface area contributed by atoms with Crippen LogP contribution in [0.5, 0.6) is 0 Å². The fraction of sp³-hybridized carbons (Fsp3) is 1.00. The maximum atomic E-state index is 12.7. The minimum Gasteiger partial charge on any atom is -0.371 e. The summed E-state index contributed by atoms with van der Waals surface area (Å²) >= 11 is 5.81. The Bertz CT molecular complexity index is 382. The second kappa shape index (κ2) is 6.72. The molecule has 2 aliphatic rings. The predicted octanol–water partition coefficient (Wildman–Crippen LogP) is 1.44. The van der Waals surface area contributed by atoms with Gasteiger partial charge in [-0.05, 0) is 19.8 Å². The number of halogens is 1. The molecule has 0 saturated carbocycles. The molecule has 2 heterocycles. The Morgan fingerprint density at radius 3 is 2.32 bits per heavy atom. The Hall–Kier alpha value is 0.120. The molecule has 0 amide bonds. The molecular formula is C12H23ClN2O3S. The van der Waals surface area contributed by atoms with Crippen LogP contribution in [0.1, 0.15) is 32.6 Å². The molecule has 7 heteroatoms. The topological polar surface area (TPSA) is 49.9 Å². The maximum absolute atomic E-state index is 12.7. The smallest absolute Gasteiger partial charge is 0.282 e. The summed E-state index contributed by atoms with van der Waals surface area (Å²) in [6.07, 6.45) is 3.85. The minimum absolute atomic E-state index is 0.0979. The molecule has 2 atom stereocenters. The summed E-state index contributed by atoms with van der Waals surface area (Å²) in [5.74, 6) is 0.330. The first-order valence-corrected chi connectivity index (χ1v) is 8.94. The van der Waals surface area contributed by atoms with Gasteiger partial charge in [-0.3, -0.25) is 0 Å². The van der Waals surface area contributed by atoms with Gasteiger partial charge in [-0.2, -0.15) is 17.0 Å². The molecule has 0 bridgehead atoms. The Balaban J connectivity index is 2.08. The lowest BCUT2D eigenvalue weighted by Gasteiger charge is -2.37. The lowest BCUT2D eigenvalue weighted by Crippen LogP contribution is -2.54. The largest absolute Gasteiger partial charge is 0.371 e. The Kier molecular flexibility index (Phi) is 5.48. The summed E-state index contributed by atoms with van der Waals surface area (Å²) in [5.41, 5.74) is 0. The highest BCUT2D eigenvalue weighted by atomic mass is 35.5. The van der Waals surface area contributed by atoms with Crippen molar-refractivity contribution >= 4 is 21.8 Å². The number of morpholine rings is 1. The van der Waals surface area contributed by atoms with E-state index < -0.39 is 10.2 Å². The summed E-state index contributed by atoms with van der Waals surface area (Å²) < 4.78 is 34.1. The molecule has 0 N–H and O–H groups in total. The summed E-state index contributed by atoms with van der Waals surface area (Å²) in [6, 6.07) is 0. The van der Waals surface area contributed by atoms with E-state index in [1.54, 1.807) is 8.61 Å². The molecule has 2 aliphatic heterocycles. The molecule has 2 fully saturated rings. The molecule has 0 aromatic rings. The second-order valence-corrected chi connectivity index (χ2v) is 7.60. The van der Waals surface area contributed by atoms with Gasteiger partial charge in [0.05, 0.1) is 12.2 Å². The molecule has 0 radical (unpaired) electrons. The van der Waals surface area contributed by atoms with Crippen LogP contribution in [0, 0.1) is 0 Å². The summed E-state index contributed by atoms with van der Waals surface area (Å²) in [4.78, 5) is 0. The van der Waals surface area contributed by atoms with Crippen LogP contribution in [0.4, 0.5) is 0 Å². The van der Waals surface area contributed by atoms with E-state index in [1.165, 1.54) is 0 Å². The van der Waals surface area contributed by atoms with Crippen LogP contribution in [0.15, 0.2) is 0 Å². The number of nitrogens with zero attached hydrogens (tertiary/aromatic N) is 2. The molecule has 2 rings (SSSR count). The van der Waals surface area contributed by atoms with Crippen molar-refractivity contribution in [1.82, 2.24) is 8.61 Å². The Morgan fingerprint density at radius 2 is 1.74 bits per heavy atom. The van der Waals surface area contributed by atoms with Crippen molar-refractivity contribution in [2.24, 2.45) is 0 Å². The van der Waals surface area contributed by atoms with E-state index in [1.807, 2.05) is 6.92 Å². The first kappa shape index (κ1) is 15.5. The van der Waals surface area contributed by atoms with Gasteiger partial charge in [0.2, 0.25) is 0 Å². The van der Waals surface area contributed by atoms with Gasteiger partial charge in [-0.1, -0.05) is 12.8 Å². The average molecular weight is 311 g/mol. The van der Waals surface area contributed by atoms with Crippen LogP contribution >= 0.6 is 11.6 Å². The van der Waals surface area contributed by atoms with E-state index in [2.05, 4.69) is 0 Å². The fourth-order valence-electron chi connectivity index (χ4n) is 2.71. The van der Waals surface area contributed by atoms with Crippen molar-refractivity contribution in [3.05, 3.63) is 0 Å². The van der Waals surface area contributed by atoms with E-state index in [9.17, 15) is 8.42 Å². The normalized spacial score (nSPS) is 32.1. The quantitative estimate of drug-likeness (QED) is 0.741. The molecule has 0 spiro atoms. The highest BCUT2D eigenvalue weighted by Crippen LogP contribution is 2.21. The first-order chi connectivity index (χ1) is 9.04. The van der Waals surface area contributed by atoms with Crippen LogP contribution in [0.25, 0.3) is 0 Å². The summed E-state index contributed by atoms with van der Waals surface area (Å²) in [5, 5.41) is 0. The van der Waals surface area contributed by atoms with Gasteiger partial charge in [0.15, 0.2) is 0 Å². The third-order valence-corrected chi connectivity index (χ3v) is 6.00. The minimum atomic E-state index is -3.36. The van der Waals surface area contributed by atoms with E-state index >= 15 is 0 Å². The number of hydrogen-bond donors (Lipinski definition) is 0. The Morgan fingerprint density at radius 1 is 1.11 bits per heavy atom. The summed E-state index contributed by atoms with van der Waals surface area (Å²) in [7, 11) is -3.36. The predicted molar refractivity (Wildman–Crippen MR) is 75.6 cm³/mol. The SMILES string of the molecule is CC1CN(S(=O)(=O)N2CCCCCC2)CC(CCl)O1. The third kappa shape index (κ3) is 3.82. The highest BCUT2D eigenvalue weighted by Gasteiger charge is 2.36. The third-order valence-electron chi connectivity index (χ3n) is 3.68. The molecular weight excluding hydrogens is 288 g/mol. The zero-order valence-electron chi connectivity index (χ0n) is 11.4. The van der Waals surface area contributed by atoms with Gasteiger partial charge >= 0.3 is 0 Å².